The second-order valence-corrected chi connectivity index (χ2v) is 8.40. The van der Waals surface area contributed by atoms with E-state index >= 15 is 0 Å². The first-order chi connectivity index (χ1) is 13.2. The lowest BCUT2D eigenvalue weighted by molar-refractivity contribution is -0.184. The summed E-state index contributed by atoms with van der Waals surface area (Å²) >= 11 is 0. The van der Waals surface area contributed by atoms with Gasteiger partial charge in [0.2, 0.25) is 5.91 Å². The summed E-state index contributed by atoms with van der Waals surface area (Å²) in [5.74, 6) is -4.74. The molecule has 1 rings (SSSR count). The molecule has 5 nitrogen and oxygen atoms in total. The van der Waals surface area contributed by atoms with Gasteiger partial charge in [-0.25, -0.2) is 4.79 Å². The molecular weight excluding hydrogens is 385 g/mol. The molecule has 1 aromatic carbocycles. The predicted molar refractivity (Wildman–Crippen MR) is 105 cm³/mol. The van der Waals surface area contributed by atoms with Crippen LogP contribution < -0.4 is 10.6 Å². The van der Waals surface area contributed by atoms with Gasteiger partial charge >= 0.3 is 12.1 Å². The third kappa shape index (κ3) is 8.43. The summed E-state index contributed by atoms with van der Waals surface area (Å²) in [6, 6.07) is 7.42. The van der Waals surface area contributed by atoms with Crippen LogP contribution in [-0.2, 0) is 14.3 Å². The molecule has 0 aromatic heterocycles. The number of ether oxygens (including phenoxy) is 1. The lowest BCUT2D eigenvalue weighted by Crippen LogP contribution is -2.53. The van der Waals surface area contributed by atoms with Crippen LogP contribution in [0.4, 0.5) is 13.2 Å². The largest absolute Gasteiger partial charge is 0.458 e. The van der Waals surface area contributed by atoms with Crippen molar-refractivity contribution in [2.45, 2.75) is 65.4 Å². The standard InChI is InChI=1S/C21H31F3N2O3/c1-13(2)17(19(28)29-20(4,5)6)26-18(27)16(21(22,23)24)12-25-14(3)15-10-8-7-9-11-15/h7-11,13-14,16-17,25H,12H2,1-6H3,(H,26,27)/t14-,16-,17-/m0/s1. The number of carbonyl (C=O) groups excluding carboxylic acids is 2. The molecule has 8 heteroatoms. The highest BCUT2D eigenvalue weighted by atomic mass is 19.4. The van der Waals surface area contributed by atoms with E-state index in [9.17, 15) is 22.8 Å². The Labute approximate surface area is 170 Å². The van der Waals surface area contributed by atoms with Gasteiger partial charge in [-0.05, 0) is 39.2 Å². The summed E-state index contributed by atoms with van der Waals surface area (Å²) < 4.78 is 45.8. The normalized spacial score (nSPS) is 15.5. The van der Waals surface area contributed by atoms with Crippen molar-refractivity contribution < 1.29 is 27.5 Å². The van der Waals surface area contributed by atoms with E-state index in [1.54, 1.807) is 65.8 Å². The summed E-state index contributed by atoms with van der Waals surface area (Å²) in [5, 5.41) is 4.99. The van der Waals surface area contributed by atoms with Crippen LogP contribution in [0.25, 0.3) is 0 Å². The highest BCUT2D eigenvalue weighted by Crippen LogP contribution is 2.27. The molecule has 0 saturated carbocycles. The third-order valence-electron chi connectivity index (χ3n) is 4.26. The van der Waals surface area contributed by atoms with Crippen LogP contribution in [0.5, 0.6) is 0 Å². The maximum Gasteiger partial charge on any atom is 0.401 e. The van der Waals surface area contributed by atoms with Crippen molar-refractivity contribution in [2.24, 2.45) is 11.8 Å². The monoisotopic (exact) mass is 416 g/mol. The molecule has 164 valence electrons. The zero-order valence-electron chi connectivity index (χ0n) is 17.8. The summed E-state index contributed by atoms with van der Waals surface area (Å²) in [6.45, 7) is 9.33. The molecule has 0 bridgehead atoms. The van der Waals surface area contributed by atoms with E-state index in [4.69, 9.17) is 4.74 Å². The first-order valence-corrected chi connectivity index (χ1v) is 9.60. The Kier molecular flexibility index (Phi) is 8.68. The van der Waals surface area contributed by atoms with E-state index < -0.39 is 48.1 Å². The van der Waals surface area contributed by atoms with Gasteiger partial charge in [0.15, 0.2) is 0 Å². The van der Waals surface area contributed by atoms with Gasteiger partial charge in [0.05, 0.1) is 0 Å². The lowest BCUT2D eigenvalue weighted by Gasteiger charge is -2.29. The van der Waals surface area contributed by atoms with Crippen molar-refractivity contribution in [1.82, 2.24) is 10.6 Å². The van der Waals surface area contributed by atoms with Crippen molar-refractivity contribution >= 4 is 11.9 Å². The summed E-state index contributed by atoms with van der Waals surface area (Å²) in [5.41, 5.74) is -0.00643. The number of amides is 1. The third-order valence-corrected chi connectivity index (χ3v) is 4.26. The number of halogens is 3. The maximum atomic E-state index is 13.5. The predicted octanol–water partition coefficient (Wildman–Crippen LogP) is 4.00. The number of alkyl halides is 3. The van der Waals surface area contributed by atoms with E-state index in [-0.39, 0.29) is 6.04 Å². The Morgan fingerprint density at radius 3 is 2.03 bits per heavy atom. The fourth-order valence-electron chi connectivity index (χ4n) is 2.63. The highest BCUT2D eigenvalue weighted by molar-refractivity contribution is 5.86. The molecule has 29 heavy (non-hydrogen) atoms. The molecule has 0 saturated heterocycles. The van der Waals surface area contributed by atoms with Gasteiger partial charge in [-0.1, -0.05) is 44.2 Å². The van der Waals surface area contributed by atoms with Gasteiger partial charge in [-0.2, -0.15) is 13.2 Å². The quantitative estimate of drug-likeness (QED) is 0.629. The van der Waals surface area contributed by atoms with Crippen molar-refractivity contribution in [3.63, 3.8) is 0 Å². The molecule has 0 unspecified atom stereocenters. The fraction of sp³-hybridized carbons (Fsp3) is 0.619. The molecule has 2 N–H and O–H groups in total. The molecule has 0 spiro atoms. The Balaban J connectivity index is 2.88. The molecule has 0 fully saturated rings. The number of hydrogen-bond acceptors (Lipinski definition) is 4. The summed E-state index contributed by atoms with van der Waals surface area (Å²) in [4.78, 5) is 24.8. The van der Waals surface area contributed by atoms with E-state index in [1.165, 1.54) is 0 Å². The Morgan fingerprint density at radius 1 is 1.03 bits per heavy atom. The Hall–Kier alpha value is -2.09. The number of esters is 1. The second kappa shape index (κ2) is 10.1. The van der Waals surface area contributed by atoms with Crippen molar-refractivity contribution in [1.29, 1.82) is 0 Å². The van der Waals surface area contributed by atoms with Crippen LogP contribution in [0.3, 0.4) is 0 Å². The molecule has 1 amide bonds. The topological polar surface area (TPSA) is 67.4 Å². The summed E-state index contributed by atoms with van der Waals surface area (Å²) in [7, 11) is 0. The highest BCUT2D eigenvalue weighted by Gasteiger charge is 2.46. The van der Waals surface area contributed by atoms with Crippen LogP contribution in [0.1, 0.15) is 53.1 Å². The van der Waals surface area contributed by atoms with Crippen LogP contribution in [0.15, 0.2) is 30.3 Å². The van der Waals surface area contributed by atoms with Crippen LogP contribution in [-0.4, -0.2) is 36.2 Å². The first-order valence-electron chi connectivity index (χ1n) is 9.60. The molecule has 0 radical (unpaired) electrons. The number of carbonyl (C=O) groups is 2. The molecule has 0 aliphatic rings. The molecule has 1 aromatic rings. The molecule has 0 aliphatic carbocycles. The van der Waals surface area contributed by atoms with E-state index in [0.29, 0.717) is 0 Å². The molecule has 3 atom stereocenters. The van der Waals surface area contributed by atoms with Crippen LogP contribution >= 0.6 is 0 Å². The average Bonchev–Trinajstić information content (AvgIpc) is 2.57. The van der Waals surface area contributed by atoms with E-state index in [1.807, 2.05) is 6.07 Å². The van der Waals surface area contributed by atoms with Gasteiger partial charge in [-0.15, -0.1) is 0 Å². The van der Waals surface area contributed by atoms with E-state index in [0.717, 1.165) is 5.56 Å². The zero-order chi connectivity index (χ0) is 22.4. The minimum Gasteiger partial charge on any atom is -0.458 e. The van der Waals surface area contributed by atoms with Gasteiger partial charge in [0.1, 0.15) is 17.6 Å². The van der Waals surface area contributed by atoms with Gasteiger partial charge in [0, 0.05) is 12.6 Å². The van der Waals surface area contributed by atoms with E-state index in [2.05, 4.69) is 10.6 Å². The number of benzene rings is 1. The Bertz CT molecular complexity index is 670. The molecular formula is C21H31F3N2O3. The van der Waals surface area contributed by atoms with Crippen molar-refractivity contribution in [3.05, 3.63) is 35.9 Å². The van der Waals surface area contributed by atoms with Crippen LogP contribution in [0.2, 0.25) is 0 Å². The smallest absolute Gasteiger partial charge is 0.401 e. The SMILES string of the molecule is CC(C)[C@H](NC(=O)[C@H](CN[C@@H](C)c1ccccc1)C(F)(F)F)C(=O)OC(C)(C)C. The van der Waals surface area contributed by atoms with Crippen LogP contribution in [0, 0.1) is 11.8 Å². The Morgan fingerprint density at radius 2 is 1.59 bits per heavy atom. The maximum absolute atomic E-state index is 13.5. The van der Waals surface area contributed by atoms with Gasteiger partial charge in [0.25, 0.3) is 0 Å². The average molecular weight is 416 g/mol. The minimum absolute atomic E-state index is 0.374. The van der Waals surface area contributed by atoms with Crippen molar-refractivity contribution in [2.75, 3.05) is 6.54 Å². The lowest BCUT2D eigenvalue weighted by atomic mass is 10.0. The summed E-state index contributed by atoms with van der Waals surface area (Å²) in [6.07, 6.45) is -4.76. The zero-order valence-corrected chi connectivity index (χ0v) is 17.8. The molecule has 0 heterocycles. The van der Waals surface area contributed by atoms with Gasteiger partial charge in [-0.3, -0.25) is 4.79 Å². The second-order valence-electron chi connectivity index (χ2n) is 8.40. The van der Waals surface area contributed by atoms with Gasteiger partial charge < -0.3 is 15.4 Å². The van der Waals surface area contributed by atoms with Crippen molar-refractivity contribution in [3.8, 4) is 0 Å². The number of nitrogens with one attached hydrogen (secondary N) is 2. The number of hydrogen-bond donors (Lipinski definition) is 2. The minimum atomic E-state index is -4.76. The molecule has 0 aliphatic heterocycles. The fourth-order valence-corrected chi connectivity index (χ4v) is 2.63. The number of rotatable bonds is 8. The first kappa shape index (κ1) is 24.9.